The smallest absolute Gasteiger partial charge is 0.207 e. The third-order valence-electron chi connectivity index (χ3n) is 3.96. The second kappa shape index (κ2) is 7.34. The lowest BCUT2D eigenvalue weighted by atomic mass is 9.97. The normalized spacial score (nSPS) is 21.4. The van der Waals surface area contributed by atoms with Crippen molar-refractivity contribution in [1.82, 2.24) is 4.31 Å². The van der Waals surface area contributed by atoms with Gasteiger partial charge in [-0.05, 0) is 42.0 Å². The van der Waals surface area contributed by atoms with Crippen LogP contribution in [0.3, 0.4) is 0 Å². The summed E-state index contributed by atoms with van der Waals surface area (Å²) in [4.78, 5) is 5.68. The van der Waals surface area contributed by atoms with E-state index in [2.05, 4.69) is 20.1 Å². The van der Waals surface area contributed by atoms with Gasteiger partial charge < -0.3 is 0 Å². The summed E-state index contributed by atoms with van der Waals surface area (Å²) in [5.41, 5.74) is 17.9. The molecule has 0 amide bonds. The van der Waals surface area contributed by atoms with Crippen LogP contribution in [0.5, 0.6) is 0 Å². The van der Waals surface area contributed by atoms with Crippen LogP contribution in [0.1, 0.15) is 5.56 Å². The molecule has 122 valence electrons. The van der Waals surface area contributed by atoms with Gasteiger partial charge in [-0.2, -0.15) is 4.31 Å². The highest BCUT2D eigenvalue weighted by atomic mass is 32.2. The number of sulfonamides is 1. The highest BCUT2D eigenvalue weighted by molar-refractivity contribution is 7.89. The SMILES string of the molecule is Cc1ccc(S(=O)(=O)N2C[C@@H](CN=[N+]=[N-])[C@H](CN=[N+]=[N-])C2)cc1. The Morgan fingerprint density at radius 1 is 1.09 bits per heavy atom. The van der Waals surface area contributed by atoms with Gasteiger partial charge in [0.05, 0.1) is 4.90 Å². The molecule has 1 aromatic carbocycles. The predicted octanol–water partition coefficient (Wildman–Crippen LogP) is 2.85. The summed E-state index contributed by atoms with van der Waals surface area (Å²) < 4.78 is 26.8. The summed E-state index contributed by atoms with van der Waals surface area (Å²) in [6, 6.07) is 6.65. The van der Waals surface area contributed by atoms with E-state index < -0.39 is 10.0 Å². The molecule has 2 rings (SSSR count). The quantitative estimate of drug-likeness (QED) is 0.449. The average Bonchev–Trinajstić information content (AvgIpc) is 2.95. The monoisotopic (exact) mass is 335 g/mol. The number of rotatable bonds is 6. The third-order valence-corrected chi connectivity index (χ3v) is 5.81. The maximum atomic E-state index is 12.7. The van der Waals surface area contributed by atoms with Crippen molar-refractivity contribution >= 4 is 10.0 Å². The summed E-state index contributed by atoms with van der Waals surface area (Å²) in [6.45, 7) is 2.75. The minimum atomic E-state index is -3.61. The molecule has 1 aromatic rings. The van der Waals surface area contributed by atoms with Crippen LogP contribution >= 0.6 is 0 Å². The van der Waals surface area contributed by atoms with Gasteiger partial charge in [-0.3, -0.25) is 0 Å². The Bertz CT molecular complexity index is 721. The Balaban J connectivity index is 2.23. The van der Waals surface area contributed by atoms with Crippen LogP contribution in [0.25, 0.3) is 20.9 Å². The summed E-state index contributed by atoms with van der Waals surface area (Å²) in [6.07, 6.45) is 0. The first kappa shape index (κ1) is 17.1. The molecule has 1 aliphatic rings. The molecule has 10 heteroatoms. The Labute approximate surface area is 134 Å². The van der Waals surface area contributed by atoms with Gasteiger partial charge in [0.25, 0.3) is 0 Å². The van der Waals surface area contributed by atoms with Crippen molar-refractivity contribution in [1.29, 1.82) is 0 Å². The molecule has 0 spiro atoms. The fraction of sp³-hybridized carbons (Fsp3) is 0.538. The lowest BCUT2D eigenvalue weighted by Crippen LogP contribution is -2.29. The highest BCUT2D eigenvalue weighted by Crippen LogP contribution is 2.29. The number of benzene rings is 1. The molecule has 0 N–H and O–H groups in total. The maximum absolute atomic E-state index is 12.7. The van der Waals surface area contributed by atoms with Gasteiger partial charge in [0.2, 0.25) is 10.0 Å². The Morgan fingerprint density at radius 2 is 1.57 bits per heavy atom. The lowest BCUT2D eigenvalue weighted by molar-refractivity contribution is 0.436. The standard InChI is InChI=1S/C13H17N7O2S/c1-10-2-4-13(5-3-10)23(21,22)20-8-11(6-16-18-14)12(9-20)7-17-19-15/h2-5,11-12H,6-9H2,1H3/t11-,12-/m1/s1. The zero-order valence-corrected chi connectivity index (χ0v) is 13.5. The third kappa shape index (κ3) is 3.94. The zero-order valence-electron chi connectivity index (χ0n) is 12.6. The van der Waals surface area contributed by atoms with E-state index in [1.54, 1.807) is 24.3 Å². The molecule has 0 bridgehead atoms. The van der Waals surface area contributed by atoms with Crippen LogP contribution in [0.2, 0.25) is 0 Å². The molecule has 0 unspecified atom stereocenters. The first-order valence-electron chi connectivity index (χ1n) is 7.07. The number of hydrogen-bond donors (Lipinski definition) is 0. The molecule has 1 saturated heterocycles. The predicted molar refractivity (Wildman–Crippen MR) is 84.9 cm³/mol. The molecule has 2 atom stereocenters. The Hall–Kier alpha value is -2.25. The molecular weight excluding hydrogens is 318 g/mol. The van der Waals surface area contributed by atoms with E-state index in [1.807, 2.05) is 6.92 Å². The van der Waals surface area contributed by atoms with E-state index in [4.69, 9.17) is 11.1 Å². The van der Waals surface area contributed by atoms with Crippen LogP contribution in [-0.2, 0) is 10.0 Å². The van der Waals surface area contributed by atoms with E-state index >= 15 is 0 Å². The van der Waals surface area contributed by atoms with Gasteiger partial charge in [-0.1, -0.05) is 27.9 Å². The van der Waals surface area contributed by atoms with Gasteiger partial charge in [0, 0.05) is 36.0 Å². The van der Waals surface area contributed by atoms with Crippen molar-refractivity contribution < 1.29 is 8.42 Å². The molecule has 0 radical (unpaired) electrons. The van der Waals surface area contributed by atoms with E-state index in [0.29, 0.717) is 0 Å². The molecule has 1 fully saturated rings. The van der Waals surface area contributed by atoms with E-state index in [0.717, 1.165) is 5.56 Å². The van der Waals surface area contributed by atoms with Crippen molar-refractivity contribution in [2.75, 3.05) is 26.2 Å². The Kier molecular flexibility index (Phi) is 5.46. The molecule has 0 aromatic heterocycles. The summed E-state index contributed by atoms with van der Waals surface area (Å²) in [5, 5.41) is 7.07. The lowest BCUT2D eigenvalue weighted by Gasteiger charge is -2.16. The van der Waals surface area contributed by atoms with Crippen LogP contribution in [0, 0.1) is 18.8 Å². The Morgan fingerprint density at radius 3 is 2.00 bits per heavy atom. The number of nitrogens with zero attached hydrogens (tertiary/aromatic N) is 7. The first-order valence-corrected chi connectivity index (χ1v) is 8.51. The van der Waals surface area contributed by atoms with Gasteiger partial charge in [-0.25, -0.2) is 8.42 Å². The molecular formula is C13H17N7O2S. The summed E-state index contributed by atoms with van der Waals surface area (Å²) in [5.74, 6) is -0.312. The van der Waals surface area contributed by atoms with E-state index in [1.165, 1.54) is 4.31 Å². The molecule has 23 heavy (non-hydrogen) atoms. The van der Waals surface area contributed by atoms with Crippen molar-refractivity contribution in [3.8, 4) is 0 Å². The topological polar surface area (TPSA) is 135 Å². The van der Waals surface area contributed by atoms with Gasteiger partial charge in [0.1, 0.15) is 0 Å². The number of aryl methyl sites for hydroxylation is 1. The zero-order chi connectivity index (χ0) is 16.9. The van der Waals surface area contributed by atoms with Crippen molar-refractivity contribution in [2.45, 2.75) is 11.8 Å². The summed E-state index contributed by atoms with van der Waals surface area (Å²) in [7, 11) is -3.61. The minimum absolute atomic E-state index is 0.156. The van der Waals surface area contributed by atoms with Crippen LogP contribution in [0.4, 0.5) is 0 Å². The van der Waals surface area contributed by atoms with Crippen LogP contribution in [-0.4, -0.2) is 38.9 Å². The molecule has 9 nitrogen and oxygen atoms in total. The van der Waals surface area contributed by atoms with Crippen molar-refractivity contribution in [3.05, 3.63) is 50.7 Å². The van der Waals surface area contributed by atoms with Gasteiger partial charge >= 0.3 is 0 Å². The van der Waals surface area contributed by atoms with Gasteiger partial charge in [0.15, 0.2) is 0 Å². The van der Waals surface area contributed by atoms with E-state index in [9.17, 15) is 8.42 Å². The van der Waals surface area contributed by atoms with Gasteiger partial charge in [-0.15, -0.1) is 0 Å². The minimum Gasteiger partial charge on any atom is -0.207 e. The molecule has 0 saturated carbocycles. The largest absolute Gasteiger partial charge is 0.243 e. The van der Waals surface area contributed by atoms with E-state index in [-0.39, 0.29) is 42.9 Å². The molecule has 1 heterocycles. The summed E-state index contributed by atoms with van der Waals surface area (Å²) >= 11 is 0. The van der Waals surface area contributed by atoms with Crippen LogP contribution < -0.4 is 0 Å². The average molecular weight is 335 g/mol. The van der Waals surface area contributed by atoms with Crippen molar-refractivity contribution in [3.63, 3.8) is 0 Å². The number of hydrogen-bond acceptors (Lipinski definition) is 4. The molecule has 0 aliphatic carbocycles. The second-order valence-electron chi connectivity index (χ2n) is 5.48. The number of azide groups is 2. The fourth-order valence-electron chi connectivity index (χ4n) is 2.65. The van der Waals surface area contributed by atoms with Crippen molar-refractivity contribution in [2.24, 2.45) is 22.1 Å². The molecule has 1 aliphatic heterocycles. The van der Waals surface area contributed by atoms with Crippen LogP contribution in [0.15, 0.2) is 39.4 Å². The maximum Gasteiger partial charge on any atom is 0.243 e. The first-order chi connectivity index (χ1) is 11.0. The fourth-order valence-corrected chi connectivity index (χ4v) is 4.20. The second-order valence-corrected chi connectivity index (χ2v) is 7.42. The highest BCUT2D eigenvalue weighted by Gasteiger charge is 2.38.